The topological polar surface area (TPSA) is 118 Å². The molecule has 222 valence electrons. The van der Waals surface area contributed by atoms with Gasteiger partial charge in [-0.15, -0.1) is 0 Å². The van der Waals surface area contributed by atoms with Crippen molar-refractivity contribution in [3.05, 3.63) is 71.2 Å². The summed E-state index contributed by atoms with van der Waals surface area (Å²) in [4.78, 5) is 36.5. The Balaban J connectivity index is 1.28. The molecule has 2 amide bonds. The van der Waals surface area contributed by atoms with Gasteiger partial charge in [-0.1, -0.05) is 0 Å². The number of amides is 2. The molecular formula is C29H31F3N6O4. The average molecular weight is 585 g/mol. The number of aryl methyl sites for hydroxylation is 1. The molecule has 42 heavy (non-hydrogen) atoms. The van der Waals surface area contributed by atoms with Gasteiger partial charge in [-0.2, -0.15) is 13.2 Å². The van der Waals surface area contributed by atoms with Crippen LogP contribution in [0.4, 0.5) is 36.1 Å². The summed E-state index contributed by atoms with van der Waals surface area (Å²) in [7, 11) is 0. The van der Waals surface area contributed by atoms with E-state index in [4.69, 9.17) is 9.47 Å². The van der Waals surface area contributed by atoms with E-state index >= 15 is 0 Å². The van der Waals surface area contributed by atoms with Crippen molar-refractivity contribution in [1.29, 1.82) is 0 Å². The number of carbonyl (C=O) groups excluding carboxylic acids is 2. The summed E-state index contributed by atoms with van der Waals surface area (Å²) in [6.45, 7) is 4.63. The fourth-order valence-electron chi connectivity index (χ4n) is 4.75. The summed E-state index contributed by atoms with van der Waals surface area (Å²) < 4.78 is 51.6. The molecule has 4 heterocycles. The van der Waals surface area contributed by atoms with Crippen LogP contribution in [0.3, 0.4) is 0 Å². The molecule has 2 saturated heterocycles. The van der Waals surface area contributed by atoms with E-state index in [-0.39, 0.29) is 28.5 Å². The molecule has 0 atom stereocenters. The Bertz CT molecular complexity index is 1420. The SMILES string of the molecule is Cc1ncc(NC(=O)c2cc(N3CCOCC3)cc(C(F)(F)F)c2)cc1C(=O)Nc1ccc(NC2CCOCC2)nc1. The molecule has 2 fully saturated rings. The lowest BCUT2D eigenvalue weighted by Crippen LogP contribution is -2.36. The van der Waals surface area contributed by atoms with Crippen LogP contribution in [0.25, 0.3) is 0 Å². The number of anilines is 4. The first-order chi connectivity index (χ1) is 20.2. The maximum Gasteiger partial charge on any atom is 0.416 e. The standard InChI is InChI=1S/C29H31F3N6O4/c1-18-25(28(40)36-22-2-3-26(34-16-22)35-21-4-8-41-9-5-21)15-23(17-33-18)37-27(39)19-12-20(29(30,31)32)14-24(13-19)38-6-10-42-11-7-38/h2-3,12-17,21H,4-11H2,1H3,(H,34,35)(H,36,40)(H,37,39). The molecule has 0 aliphatic carbocycles. The number of rotatable bonds is 7. The fourth-order valence-corrected chi connectivity index (χ4v) is 4.75. The van der Waals surface area contributed by atoms with Gasteiger partial charge in [0.15, 0.2) is 0 Å². The van der Waals surface area contributed by atoms with E-state index in [0.29, 0.717) is 56.7 Å². The fraction of sp³-hybridized carbons (Fsp3) is 0.379. The summed E-state index contributed by atoms with van der Waals surface area (Å²) in [5.74, 6) is -0.546. The molecule has 2 aliphatic rings. The average Bonchev–Trinajstić information content (AvgIpc) is 2.99. The number of hydrogen-bond donors (Lipinski definition) is 3. The van der Waals surface area contributed by atoms with Crippen molar-refractivity contribution in [2.45, 2.75) is 32.0 Å². The summed E-state index contributed by atoms with van der Waals surface area (Å²) in [6, 6.07) is 8.45. The number of carbonyl (C=O) groups is 2. The van der Waals surface area contributed by atoms with E-state index in [2.05, 4.69) is 25.9 Å². The third-order valence-corrected chi connectivity index (χ3v) is 7.07. The largest absolute Gasteiger partial charge is 0.416 e. The predicted molar refractivity (Wildman–Crippen MR) is 151 cm³/mol. The maximum absolute atomic E-state index is 13.7. The van der Waals surface area contributed by atoms with Crippen LogP contribution >= 0.6 is 0 Å². The Morgan fingerprint density at radius 2 is 1.57 bits per heavy atom. The Morgan fingerprint density at radius 3 is 2.26 bits per heavy atom. The van der Waals surface area contributed by atoms with Crippen LogP contribution in [-0.2, 0) is 15.7 Å². The van der Waals surface area contributed by atoms with Crippen LogP contribution in [0, 0.1) is 6.92 Å². The first kappa shape index (κ1) is 29.3. The number of halogens is 3. The summed E-state index contributed by atoms with van der Waals surface area (Å²) in [5, 5.41) is 8.70. The minimum absolute atomic E-state index is 0.162. The van der Waals surface area contributed by atoms with Crippen molar-refractivity contribution >= 4 is 34.7 Å². The number of pyridine rings is 2. The number of nitrogens with zero attached hydrogens (tertiary/aromatic N) is 3. The van der Waals surface area contributed by atoms with Gasteiger partial charge in [-0.25, -0.2) is 4.98 Å². The summed E-state index contributed by atoms with van der Waals surface area (Å²) >= 11 is 0. The maximum atomic E-state index is 13.7. The van der Waals surface area contributed by atoms with Crippen molar-refractivity contribution in [2.24, 2.45) is 0 Å². The molecule has 0 bridgehead atoms. The number of hydrogen-bond acceptors (Lipinski definition) is 8. The Hall–Kier alpha value is -4.23. The monoisotopic (exact) mass is 584 g/mol. The van der Waals surface area contributed by atoms with Crippen LogP contribution < -0.4 is 20.9 Å². The van der Waals surface area contributed by atoms with Crippen molar-refractivity contribution < 1.29 is 32.2 Å². The van der Waals surface area contributed by atoms with E-state index in [1.165, 1.54) is 24.5 Å². The third-order valence-electron chi connectivity index (χ3n) is 7.07. The predicted octanol–water partition coefficient (Wildman–Crippen LogP) is 4.74. The zero-order chi connectivity index (χ0) is 29.7. The number of ether oxygens (including phenoxy) is 2. The molecule has 5 rings (SSSR count). The highest BCUT2D eigenvalue weighted by Crippen LogP contribution is 2.33. The molecule has 0 spiro atoms. The molecule has 1 aromatic carbocycles. The van der Waals surface area contributed by atoms with E-state index < -0.39 is 23.6 Å². The second-order valence-electron chi connectivity index (χ2n) is 10.1. The van der Waals surface area contributed by atoms with Gasteiger partial charge in [0.2, 0.25) is 0 Å². The molecule has 0 radical (unpaired) electrons. The van der Waals surface area contributed by atoms with Crippen molar-refractivity contribution in [2.75, 3.05) is 60.4 Å². The van der Waals surface area contributed by atoms with E-state index in [1.54, 1.807) is 24.0 Å². The highest BCUT2D eigenvalue weighted by Gasteiger charge is 2.32. The number of aromatic nitrogens is 2. The normalized spacial score (nSPS) is 16.1. The number of nitrogens with one attached hydrogen (secondary N) is 3. The van der Waals surface area contributed by atoms with E-state index in [0.717, 1.165) is 25.0 Å². The van der Waals surface area contributed by atoms with Crippen molar-refractivity contribution in [3.63, 3.8) is 0 Å². The molecular weight excluding hydrogens is 553 g/mol. The molecule has 3 N–H and O–H groups in total. The van der Waals surface area contributed by atoms with Crippen LogP contribution in [0.2, 0.25) is 0 Å². The lowest BCUT2D eigenvalue weighted by atomic mass is 10.1. The van der Waals surface area contributed by atoms with Crippen LogP contribution in [0.1, 0.15) is 44.8 Å². The Labute approximate surface area is 240 Å². The van der Waals surface area contributed by atoms with Gasteiger partial charge in [0.05, 0.1) is 53.8 Å². The molecule has 13 heteroatoms. The molecule has 2 aromatic heterocycles. The van der Waals surface area contributed by atoms with Crippen molar-refractivity contribution in [3.8, 4) is 0 Å². The number of benzene rings is 1. The summed E-state index contributed by atoms with van der Waals surface area (Å²) in [6.07, 6.45) is 0.0265. The van der Waals surface area contributed by atoms with Crippen LogP contribution in [0.15, 0.2) is 48.8 Å². The molecule has 10 nitrogen and oxygen atoms in total. The number of alkyl halides is 3. The Morgan fingerprint density at radius 1 is 0.881 bits per heavy atom. The summed E-state index contributed by atoms with van der Waals surface area (Å²) in [5.41, 5.74) is 0.407. The highest BCUT2D eigenvalue weighted by atomic mass is 19.4. The second kappa shape index (κ2) is 12.7. The van der Waals surface area contributed by atoms with Gasteiger partial charge in [0.1, 0.15) is 5.82 Å². The number of morpholine rings is 1. The Kier molecular flexibility index (Phi) is 8.88. The zero-order valence-electron chi connectivity index (χ0n) is 23.0. The van der Waals surface area contributed by atoms with Gasteiger partial charge >= 0.3 is 6.18 Å². The smallest absolute Gasteiger partial charge is 0.381 e. The van der Waals surface area contributed by atoms with Gasteiger partial charge < -0.3 is 30.3 Å². The first-order valence-electron chi connectivity index (χ1n) is 13.6. The lowest BCUT2D eigenvalue weighted by Gasteiger charge is -2.29. The van der Waals surface area contributed by atoms with Crippen LogP contribution in [0.5, 0.6) is 0 Å². The lowest BCUT2D eigenvalue weighted by molar-refractivity contribution is -0.137. The minimum Gasteiger partial charge on any atom is -0.381 e. The second-order valence-corrected chi connectivity index (χ2v) is 10.1. The van der Waals surface area contributed by atoms with Crippen LogP contribution in [-0.4, -0.2) is 67.3 Å². The van der Waals surface area contributed by atoms with Gasteiger partial charge in [0.25, 0.3) is 11.8 Å². The molecule has 2 aliphatic heterocycles. The minimum atomic E-state index is -4.64. The molecule has 0 saturated carbocycles. The third kappa shape index (κ3) is 7.34. The van der Waals surface area contributed by atoms with E-state index in [1.807, 2.05) is 0 Å². The van der Waals surface area contributed by atoms with Gasteiger partial charge in [0, 0.05) is 43.6 Å². The molecule has 0 unspecified atom stereocenters. The molecule has 3 aromatic rings. The van der Waals surface area contributed by atoms with E-state index in [9.17, 15) is 22.8 Å². The zero-order valence-corrected chi connectivity index (χ0v) is 23.0. The van der Waals surface area contributed by atoms with Gasteiger partial charge in [-0.05, 0) is 56.2 Å². The van der Waals surface area contributed by atoms with Crippen molar-refractivity contribution in [1.82, 2.24) is 9.97 Å². The first-order valence-corrected chi connectivity index (χ1v) is 13.6. The quantitative estimate of drug-likeness (QED) is 0.365. The highest BCUT2D eigenvalue weighted by molar-refractivity contribution is 6.08. The van der Waals surface area contributed by atoms with Gasteiger partial charge in [-0.3, -0.25) is 14.6 Å².